The molecular formula is C10H7ClN4O2. The van der Waals surface area contributed by atoms with Crippen molar-refractivity contribution >= 4 is 29.2 Å². The number of nitrogens with zero attached hydrogens (tertiary/aromatic N) is 3. The fraction of sp³-hybridized carbons (Fsp3) is 0. The Bertz CT molecular complexity index is 562. The van der Waals surface area contributed by atoms with Crippen molar-refractivity contribution in [2.75, 3.05) is 5.32 Å². The van der Waals surface area contributed by atoms with Gasteiger partial charge in [-0.25, -0.2) is 14.8 Å². The molecule has 86 valence electrons. The van der Waals surface area contributed by atoms with Gasteiger partial charge in [-0.15, -0.1) is 0 Å². The number of halogens is 1. The van der Waals surface area contributed by atoms with Gasteiger partial charge in [0.2, 0.25) is 11.2 Å². The fourth-order valence-corrected chi connectivity index (χ4v) is 1.36. The molecular weight excluding hydrogens is 244 g/mol. The van der Waals surface area contributed by atoms with Crippen molar-refractivity contribution < 1.29 is 9.90 Å². The van der Waals surface area contributed by atoms with E-state index in [-0.39, 0.29) is 16.8 Å². The Balaban J connectivity index is 2.33. The highest BCUT2D eigenvalue weighted by Crippen LogP contribution is 2.18. The number of hydrogen-bond acceptors (Lipinski definition) is 5. The van der Waals surface area contributed by atoms with Crippen molar-refractivity contribution in [3.8, 4) is 0 Å². The van der Waals surface area contributed by atoms with Gasteiger partial charge in [-0.05, 0) is 23.7 Å². The van der Waals surface area contributed by atoms with Gasteiger partial charge in [0.15, 0.2) is 0 Å². The summed E-state index contributed by atoms with van der Waals surface area (Å²) < 4.78 is 0. The molecule has 2 rings (SSSR count). The maximum absolute atomic E-state index is 11.0. The molecule has 1 aromatic carbocycles. The molecule has 0 radical (unpaired) electrons. The van der Waals surface area contributed by atoms with Gasteiger partial charge in [0.1, 0.15) is 6.33 Å². The largest absolute Gasteiger partial charge is 0.478 e. The summed E-state index contributed by atoms with van der Waals surface area (Å²) in [5.74, 6) is -0.841. The summed E-state index contributed by atoms with van der Waals surface area (Å²) in [6.07, 6.45) is 1.24. The third kappa shape index (κ3) is 2.67. The predicted molar refractivity (Wildman–Crippen MR) is 61.5 cm³/mol. The van der Waals surface area contributed by atoms with E-state index in [2.05, 4.69) is 20.3 Å². The molecule has 2 N–H and O–H groups in total. The first-order chi connectivity index (χ1) is 8.16. The second-order valence-electron chi connectivity index (χ2n) is 3.05. The van der Waals surface area contributed by atoms with Gasteiger partial charge in [0, 0.05) is 0 Å². The van der Waals surface area contributed by atoms with Crippen molar-refractivity contribution in [2.24, 2.45) is 0 Å². The molecule has 0 amide bonds. The molecule has 0 fully saturated rings. The predicted octanol–water partition coefficient (Wildman–Crippen LogP) is 1.97. The smallest absolute Gasteiger partial charge is 0.337 e. The average molecular weight is 251 g/mol. The lowest BCUT2D eigenvalue weighted by molar-refractivity contribution is 0.0698. The van der Waals surface area contributed by atoms with Crippen LogP contribution in [-0.4, -0.2) is 26.0 Å². The van der Waals surface area contributed by atoms with E-state index in [0.717, 1.165) is 0 Å². The highest BCUT2D eigenvalue weighted by molar-refractivity contribution is 6.28. The van der Waals surface area contributed by atoms with Gasteiger partial charge in [-0.3, -0.25) is 0 Å². The van der Waals surface area contributed by atoms with Crippen LogP contribution < -0.4 is 5.32 Å². The lowest BCUT2D eigenvalue weighted by atomic mass is 10.2. The van der Waals surface area contributed by atoms with Crippen LogP contribution in [-0.2, 0) is 0 Å². The van der Waals surface area contributed by atoms with Crippen LogP contribution in [0.15, 0.2) is 30.6 Å². The molecule has 1 aromatic heterocycles. The molecule has 0 unspecified atom stereocenters. The van der Waals surface area contributed by atoms with E-state index >= 15 is 0 Å². The van der Waals surface area contributed by atoms with Crippen molar-refractivity contribution in [1.82, 2.24) is 15.0 Å². The molecule has 2 aromatic rings. The van der Waals surface area contributed by atoms with Crippen LogP contribution in [0.3, 0.4) is 0 Å². The zero-order valence-electron chi connectivity index (χ0n) is 8.46. The van der Waals surface area contributed by atoms with Gasteiger partial charge in [-0.1, -0.05) is 12.1 Å². The summed E-state index contributed by atoms with van der Waals surface area (Å²) >= 11 is 5.59. The molecule has 0 aliphatic rings. The van der Waals surface area contributed by atoms with Crippen LogP contribution in [0.4, 0.5) is 11.6 Å². The quantitative estimate of drug-likeness (QED) is 0.866. The monoisotopic (exact) mass is 250 g/mol. The zero-order valence-corrected chi connectivity index (χ0v) is 9.22. The van der Waals surface area contributed by atoms with Crippen molar-refractivity contribution in [3.63, 3.8) is 0 Å². The van der Waals surface area contributed by atoms with Crippen LogP contribution in [0.2, 0.25) is 5.28 Å². The van der Waals surface area contributed by atoms with Crippen LogP contribution in [0.5, 0.6) is 0 Å². The third-order valence-electron chi connectivity index (χ3n) is 1.95. The number of aromatic carboxylic acids is 1. The molecule has 0 atom stereocenters. The van der Waals surface area contributed by atoms with Gasteiger partial charge >= 0.3 is 5.97 Å². The van der Waals surface area contributed by atoms with Crippen molar-refractivity contribution in [2.45, 2.75) is 0 Å². The van der Waals surface area contributed by atoms with E-state index in [4.69, 9.17) is 16.7 Å². The maximum Gasteiger partial charge on any atom is 0.337 e. The van der Waals surface area contributed by atoms with Crippen LogP contribution in [0.1, 0.15) is 10.4 Å². The number of para-hydroxylation sites is 1. The summed E-state index contributed by atoms with van der Waals surface area (Å²) in [6, 6.07) is 6.43. The molecule has 6 nitrogen and oxygen atoms in total. The van der Waals surface area contributed by atoms with Crippen LogP contribution >= 0.6 is 11.6 Å². The molecule has 0 saturated carbocycles. The summed E-state index contributed by atoms with van der Waals surface area (Å²) in [5.41, 5.74) is 0.520. The van der Waals surface area contributed by atoms with Crippen molar-refractivity contribution in [3.05, 3.63) is 41.4 Å². The Labute approximate surface area is 101 Å². The van der Waals surface area contributed by atoms with E-state index in [1.807, 2.05) is 0 Å². The number of aromatic nitrogens is 3. The second-order valence-corrected chi connectivity index (χ2v) is 3.39. The highest BCUT2D eigenvalue weighted by atomic mass is 35.5. The Hall–Kier alpha value is -2.21. The second kappa shape index (κ2) is 4.75. The fourth-order valence-electron chi connectivity index (χ4n) is 1.24. The molecule has 0 bridgehead atoms. The van der Waals surface area contributed by atoms with E-state index < -0.39 is 5.97 Å². The van der Waals surface area contributed by atoms with E-state index in [0.29, 0.717) is 5.69 Å². The molecule has 0 saturated heterocycles. The minimum absolute atomic E-state index is 0.0373. The van der Waals surface area contributed by atoms with Crippen LogP contribution in [0, 0.1) is 0 Å². The Kier molecular flexibility index (Phi) is 3.15. The molecule has 0 spiro atoms. The first-order valence-electron chi connectivity index (χ1n) is 4.60. The number of carbonyl (C=O) groups is 1. The molecule has 7 heteroatoms. The van der Waals surface area contributed by atoms with Gasteiger partial charge in [-0.2, -0.15) is 4.98 Å². The maximum atomic E-state index is 11.0. The summed E-state index contributed by atoms with van der Waals surface area (Å²) in [5, 5.41) is 11.8. The van der Waals surface area contributed by atoms with Gasteiger partial charge < -0.3 is 10.4 Å². The van der Waals surface area contributed by atoms with E-state index in [9.17, 15) is 4.79 Å². The lowest BCUT2D eigenvalue weighted by Crippen LogP contribution is -2.04. The SMILES string of the molecule is O=C(O)c1ccccc1Nc1ncnc(Cl)n1. The number of rotatable bonds is 3. The number of carboxylic acid groups (broad SMARTS) is 1. The highest BCUT2D eigenvalue weighted by Gasteiger charge is 2.09. The molecule has 1 heterocycles. The molecule has 0 aliphatic carbocycles. The summed E-state index contributed by atoms with van der Waals surface area (Å²) in [7, 11) is 0. The number of benzene rings is 1. The Morgan fingerprint density at radius 3 is 2.76 bits per heavy atom. The Morgan fingerprint density at radius 1 is 1.29 bits per heavy atom. The van der Waals surface area contributed by atoms with Gasteiger partial charge in [0.05, 0.1) is 11.3 Å². The summed E-state index contributed by atoms with van der Waals surface area (Å²) in [6.45, 7) is 0. The lowest BCUT2D eigenvalue weighted by Gasteiger charge is -2.07. The minimum Gasteiger partial charge on any atom is -0.478 e. The first-order valence-corrected chi connectivity index (χ1v) is 4.98. The number of carboxylic acids is 1. The number of hydrogen-bond donors (Lipinski definition) is 2. The minimum atomic E-state index is -1.03. The molecule has 0 aliphatic heterocycles. The van der Waals surface area contributed by atoms with Gasteiger partial charge in [0.25, 0.3) is 0 Å². The summed E-state index contributed by atoms with van der Waals surface area (Å²) in [4.78, 5) is 22.2. The standard InChI is InChI=1S/C10H7ClN4O2/c11-9-12-5-13-10(15-9)14-7-4-2-1-3-6(7)8(16)17/h1-5H,(H,16,17)(H,12,13,14,15). The van der Waals surface area contributed by atoms with Crippen molar-refractivity contribution in [1.29, 1.82) is 0 Å². The van der Waals surface area contributed by atoms with Crippen LogP contribution in [0.25, 0.3) is 0 Å². The Morgan fingerprint density at radius 2 is 2.06 bits per heavy atom. The average Bonchev–Trinajstić information content (AvgIpc) is 2.29. The first kappa shape index (κ1) is 11.3. The normalized spacial score (nSPS) is 9.94. The van der Waals surface area contributed by atoms with E-state index in [1.54, 1.807) is 18.2 Å². The molecule has 17 heavy (non-hydrogen) atoms. The topological polar surface area (TPSA) is 88.0 Å². The zero-order chi connectivity index (χ0) is 12.3. The third-order valence-corrected chi connectivity index (χ3v) is 2.13. The van der Waals surface area contributed by atoms with E-state index in [1.165, 1.54) is 12.4 Å². The number of anilines is 2. The number of nitrogens with one attached hydrogen (secondary N) is 1.